The zero-order valence-electron chi connectivity index (χ0n) is 9.23. The van der Waals surface area contributed by atoms with E-state index in [9.17, 15) is 0 Å². The molecule has 1 heterocycles. The number of nitrogens with zero attached hydrogens (tertiary/aromatic N) is 1. The molecule has 0 atom stereocenters. The van der Waals surface area contributed by atoms with Gasteiger partial charge in [-0.3, -0.25) is 4.98 Å². The molecule has 2 N–H and O–H groups in total. The topological polar surface area (TPSA) is 48.1 Å². The van der Waals surface area contributed by atoms with Crippen LogP contribution in [0.1, 0.15) is 10.4 Å². The molecule has 5 heteroatoms. The third-order valence-electron chi connectivity index (χ3n) is 2.28. The van der Waals surface area contributed by atoms with Crippen molar-refractivity contribution in [2.75, 3.05) is 6.54 Å². The summed E-state index contributed by atoms with van der Waals surface area (Å²) in [6.45, 7) is 1.22. The maximum absolute atomic E-state index is 5.71. The normalized spacial score (nSPS) is 10.5. The first-order valence-corrected chi connectivity index (χ1v) is 6.95. The molecule has 1 aromatic carbocycles. The Kier molecular flexibility index (Phi) is 4.53. The second kappa shape index (κ2) is 6.14. The summed E-state index contributed by atoms with van der Waals surface area (Å²) in [6, 6.07) is 6.06. The van der Waals surface area contributed by atoms with E-state index in [0.29, 0.717) is 13.2 Å². The van der Waals surface area contributed by atoms with Crippen LogP contribution in [0.25, 0.3) is 0 Å². The van der Waals surface area contributed by atoms with E-state index in [1.165, 1.54) is 5.56 Å². The van der Waals surface area contributed by atoms with Gasteiger partial charge in [-0.25, -0.2) is 0 Å². The second-order valence-corrected chi connectivity index (χ2v) is 5.39. The lowest BCUT2D eigenvalue weighted by Crippen LogP contribution is -2.02. The molecule has 0 radical (unpaired) electrons. The molecular formula is C12H13BrN2OS. The fourth-order valence-electron chi connectivity index (χ4n) is 1.45. The number of benzene rings is 1. The molecule has 90 valence electrons. The molecule has 0 saturated carbocycles. The number of nitrogens with two attached hydrogens (primary N) is 1. The maximum atomic E-state index is 5.71. The lowest BCUT2D eigenvalue weighted by Gasteiger charge is -2.08. The molecule has 0 bridgehead atoms. The molecule has 17 heavy (non-hydrogen) atoms. The largest absolute Gasteiger partial charge is 0.487 e. The molecular weight excluding hydrogens is 300 g/mol. The third kappa shape index (κ3) is 3.52. The van der Waals surface area contributed by atoms with Crippen LogP contribution in [0.3, 0.4) is 0 Å². The fraction of sp³-hybridized carbons (Fsp3) is 0.250. The number of thiazole rings is 1. The lowest BCUT2D eigenvalue weighted by molar-refractivity contribution is 0.307. The van der Waals surface area contributed by atoms with Crippen LogP contribution in [0.4, 0.5) is 0 Å². The Morgan fingerprint density at radius 2 is 2.29 bits per heavy atom. The average molecular weight is 313 g/mol. The average Bonchev–Trinajstić information content (AvgIpc) is 2.81. The molecule has 0 amide bonds. The van der Waals surface area contributed by atoms with Gasteiger partial charge in [0.2, 0.25) is 0 Å². The second-order valence-electron chi connectivity index (χ2n) is 3.56. The number of halogens is 1. The van der Waals surface area contributed by atoms with Crippen LogP contribution in [0.15, 0.2) is 34.4 Å². The van der Waals surface area contributed by atoms with Gasteiger partial charge >= 0.3 is 0 Å². The van der Waals surface area contributed by atoms with Crippen molar-refractivity contribution in [2.45, 2.75) is 13.0 Å². The Morgan fingerprint density at radius 1 is 1.41 bits per heavy atom. The summed E-state index contributed by atoms with van der Waals surface area (Å²) in [7, 11) is 0. The highest BCUT2D eigenvalue weighted by atomic mass is 79.9. The van der Waals surface area contributed by atoms with Crippen LogP contribution in [0, 0.1) is 0 Å². The molecule has 0 unspecified atom stereocenters. The molecule has 2 aromatic rings. The number of hydrogen-bond acceptors (Lipinski definition) is 4. The standard InChI is InChI=1S/C12H13BrN2OS/c13-11-5-9(3-4-14)1-2-12(11)16-7-10-6-15-8-17-10/h1-2,5-6,8H,3-4,7,14H2. The Labute approximate surface area is 113 Å². The van der Waals surface area contributed by atoms with Gasteiger partial charge in [0.1, 0.15) is 12.4 Å². The van der Waals surface area contributed by atoms with Crippen molar-refractivity contribution in [3.8, 4) is 5.75 Å². The van der Waals surface area contributed by atoms with Gasteiger partial charge in [-0.05, 0) is 46.6 Å². The quantitative estimate of drug-likeness (QED) is 0.923. The summed E-state index contributed by atoms with van der Waals surface area (Å²) in [5.41, 5.74) is 8.54. The number of rotatable bonds is 5. The summed E-state index contributed by atoms with van der Waals surface area (Å²) < 4.78 is 6.67. The number of aromatic nitrogens is 1. The fourth-order valence-corrected chi connectivity index (χ4v) is 2.49. The van der Waals surface area contributed by atoms with Gasteiger partial charge in [0.25, 0.3) is 0 Å². The minimum atomic E-state index is 0.555. The molecule has 3 nitrogen and oxygen atoms in total. The minimum absolute atomic E-state index is 0.555. The van der Waals surface area contributed by atoms with Crippen molar-refractivity contribution in [1.82, 2.24) is 4.98 Å². The van der Waals surface area contributed by atoms with E-state index < -0.39 is 0 Å². The highest BCUT2D eigenvalue weighted by Crippen LogP contribution is 2.27. The van der Waals surface area contributed by atoms with Gasteiger partial charge in [-0.1, -0.05) is 6.07 Å². The van der Waals surface area contributed by atoms with Crippen LogP contribution in [0.2, 0.25) is 0 Å². The van der Waals surface area contributed by atoms with E-state index >= 15 is 0 Å². The van der Waals surface area contributed by atoms with Gasteiger partial charge < -0.3 is 10.5 Å². The van der Waals surface area contributed by atoms with Crippen molar-refractivity contribution in [1.29, 1.82) is 0 Å². The van der Waals surface area contributed by atoms with Gasteiger partial charge in [0.15, 0.2) is 0 Å². The minimum Gasteiger partial charge on any atom is -0.487 e. The predicted octanol–water partition coefficient (Wildman–Crippen LogP) is 2.99. The number of ether oxygens (including phenoxy) is 1. The van der Waals surface area contributed by atoms with Crippen LogP contribution >= 0.6 is 27.3 Å². The van der Waals surface area contributed by atoms with E-state index in [4.69, 9.17) is 10.5 Å². The van der Waals surface area contributed by atoms with Crippen molar-refractivity contribution in [2.24, 2.45) is 5.73 Å². The highest BCUT2D eigenvalue weighted by molar-refractivity contribution is 9.10. The Morgan fingerprint density at radius 3 is 2.94 bits per heavy atom. The summed E-state index contributed by atoms with van der Waals surface area (Å²) >= 11 is 5.09. The predicted molar refractivity (Wildman–Crippen MR) is 73.3 cm³/mol. The molecule has 0 aliphatic carbocycles. The van der Waals surface area contributed by atoms with Crippen LogP contribution in [-0.4, -0.2) is 11.5 Å². The van der Waals surface area contributed by atoms with Gasteiger partial charge in [0.05, 0.1) is 14.9 Å². The van der Waals surface area contributed by atoms with E-state index in [1.54, 1.807) is 16.8 Å². The first-order valence-electron chi connectivity index (χ1n) is 5.28. The molecule has 0 spiro atoms. The monoisotopic (exact) mass is 312 g/mol. The van der Waals surface area contributed by atoms with Crippen molar-refractivity contribution < 1.29 is 4.74 Å². The van der Waals surface area contributed by atoms with Gasteiger partial charge in [-0.15, -0.1) is 11.3 Å². The zero-order valence-corrected chi connectivity index (χ0v) is 11.6. The van der Waals surface area contributed by atoms with Crippen molar-refractivity contribution >= 4 is 27.3 Å². The van der Waals surface area contributed by atoms with Crippen LogP contribution in [-0.2, 0) is 13.0 Å². The van der Waals surface area contributed by atoms with Crippen LogP contribution in [0.5, 0.6) is 5.75 Å². The molecule has 0 aliphatic heterocycles. The maximum Gasteiger partial charge on any atom is 0.134 e. The molecule has 1 aromatic heterocycles. The van der Waals surface area contributed by atoms with E-state index in [0.717, 1.165) is 21.5 Å². The summed E-state index contributed by atoms with van der Waals surface area (Å²) in [5.74, 6) is 0.846. The molecule has 2 rings (SSSR count). The van der Waals surface area contributed by atoms with Crippen molar-refractivity contribution in [3.05, 3.63) is 44.8 Å². The Balaban J connectivity index is 2.01. The van der Waals surface area contributed by atoms with E-state index in [2.05, 4.69) is 27.0 Å². The van der Waals surface area contributed by atoms with Gasteiger partial charge in [0, 0.05) is 6.20 Å². The summed E-state index contributed by atoms with van der Waals surface area (Å²) in [4.78, 5) is 5.12. The molecule has 0 saturated heterocycles. The van der Waals surface area contributed by atoms with Crippen LogP contribution < -0.4 is 10.5 Å². The number of hydrogen-bond donors (Lipinski definition) is 1. The first-order chi connectivity index (χ1) is 8.29. The zero-order chi connectivity index (χ0) is 12.1. The van der Waals surface area contributed by atoms with Gasteiger partial charge in [-0.2, -0.15) is 0 Å². The lowest BCUT2D eigenvalue weighted by atomic mass is 10.1. The first kappa shape index (κ1) is 12.5. The van der Waals surface area contributed by atoms with E-state index in [1.807, 2.05) is 18.3 Å². The summed E-state index contributed by atoms with van der Waals surface area (Å²) in [6.07, 6.45) is 2.70. The summed E-state index contributed by atoms with van der Waals surface area (Å²) in [5, 5.41) is 0. The molecule has 0 aliphatic rings. The molecule has 0 fully saturated rings. The third-order valence-corrected chi connectivity index (χ3v) is 3.66. The smallest absolute Gasteiger partial charge is 0.134 e. The Hall–Kier alpha value is -0.910. The highest BCUT2D eigenvalue weighted by Gasteiger charge is 2.03. The van der Waals surface area contributed by atoms with E-state index in [-0.39, 0.29) is 0 Å². The SMILES string of the molecule is NCCc1ccc(OCc2cncs2)c(Br)c1. The van der Waals surface area contributed by atoms with Crippen molar-refractivity contribution in [3.63, 3.8) is 0 Å². The Bertz CT molecular complexity index is 473.